The summed E-state index contributed by atoms with van der Waals surface area (Å²) in [5.41, 5.74) is 4.84. The Hall–Kier alpha value is -0.360. The second kappa shape index (κ2) is 5.31. The predicted molar refractivity (Wildman–Crippen MR) is 63.3 cm³/mol. The number of nitrogens with zero attached hydrogens (tertiary/aromatic N) is 1. The maximum absolute atomic E-state index is 12.6. The minimum Gasteiger partial charge on any atom is -0.393 e. The summed E-state index contributed by atoms with van der Waals surface area (Å²) in [5.74, 6) is -1.74. The van der Waals surface area contributed by atoms with Crippen molar-refractivity contribution < 1.29 is 13.2 Å². The van der Waals surface area contributed by atoms with Crippen LogP contribution in [0.25, 0.3) is 0 Å². The summed E-state index contributed by atoms with van der Waals surface area (Å²) in [7, 11) is 1.65. The van der Waals surface area contributed by atoms with Crippen molar-refractivity contribution in [3.05, 3.63) is 0 Å². The molecule has 0 aromatic heterocycles. The van der Waals surface area contributed by atoms with Gasteiger partial charge in [0.2, 0.25) is 0 Å². The zero-order chi connectivity index (χ0) is 13.1. The van der Waals surface area contributed by atoms with Crippen LogP contribution in [0.3, 0.4) is 0 Å². The average molecular weight is 256 g/mol. The van der Waals surface area contributed by atoms with Gasteiger partial charge in [-0.3, -0.25) is 0 Å². The topological polar surface area (TPSA) is 29.3 Å². The van der Waals surface area contributed by atoms with Crippen molar-refractivity contribution in [2.24, 2.45) is 11.7 Å². The molecule has 0 radical (unpaired) electrons. The van der Waals surface area contributed by atoms with Crippen molar-refractivity contribution in [1.29, 1.82) is 0 Å². The van der Waals surface area contributed by atoms with Crippen LogP contribution in [0.4, 0.5) is 13.2 Å². The summed E-state index contributed by atoms with van der Waals surface area (Å²) >= 11 is 4.47. The van der Waals surface area contributed by atoms with E-state index >= 15 is 0 Å². The molecule has 1 unspecified atom stereocenters. The second-order valence-corrected chi connectivity index (χ2v) is 5.01. The lowest BCUT2D eigenvalue weighted by molar-refractivity contribution is -0.161. The molecule has 2 nitrogen and oxygen atoms in total. The third kappa shape index (κ3) is 4.25. The molecule has 0 aromatic carbocycles. The Bertz CT molecular complexity index is 251. The van der Waals surface area contributed by atoms with Gasteiger partial charge in [0.1, 0.15) is 5.92 Å². The molecule has 6 heteroatoms. The van der Waals surface area contributed by atoms with Crippen LogP contribution in [0.1, 0.15) is 27.2 Å². The normalized spacial score (nSPS) is 15.2. The fourth-order valence-corrected chi connectivity index (χ4v) is 1.35. The molecule has 0 aliphatic rings. The smallest absolute Gasteiger partial charge is 0.393 e. The van der Waals surface area contributed by atoms with Crippen LogP contribution in [0.15, 0.2) is 0 Å². The first-order chi connectivity index (χ1) is 7.02. The Kier molecular flexibility index (Phi) is 5.19. The first-order valence-electron chi connectivity index (χ1n) is 5.09. The van der Waals surface area contributed by atoms with E-state index in [2.05, 4.69) is 12.2 Å². The largest absolute Gasteiger partial charge is 0.399 e. The summed E-state index contributed by atoms with van der Waals surface area (Å²) in [4.78, 5) is 1.15. The Morgan fingerprint density at radius 2 is 1.81 bits per heavy atom. The molecule has 0 fully saturated rings. The highest BCUT2D eigenvalue weighted by molar-refractivity contribution is 7.80. The number of hydrogen-bond donors (Lipinski definition) is 1. The van der Waals surface area contributed by atoms with Crippen molar-refractivity contribution in [3.63, 3.8) is 0 Å². The van der Waals surface area contributed by atoms with Gasteiger partial charge in [0, 0.05) is 12.1 Å². The fourth-order valence-electron chi connectivity index (χ4n) is 1.15. The van der Waals surface area contributed by atoms with Crippen LogP contribution in [-0.4, -0.2) is 35.2 Å². The summed E-state index contributed by atoms with van der Waals surface area (Å²) in [6, 6.07) is 0. The Morgan fingerprint density at radius 1 is 1.38 bits per heavy atom. The maximum atomic E-state index is 12.6. The zero-order valence-electron chi connectivity index (χ0n) is 10.1. The predicted octanol–water partition coefficient (Wildman–Crippen LogP) is 2.57. The number of halogens is 3. The van der Waals surface area contributed by atoms with Crippen molar-refractivity contribution >= 4 is 17.2 Å². The first kappa shape index (κ1) is 15.6. The second-order valence-electron chi connectivity index (χ2n) is 4.54. The quantitative estimate of drug-likeness (QED) is 0.767. The molecule has 96 valence electrons. The number of nitrogens with two attached hydrogens (primary N) is 1. The summed E-state index contributed by atoms with van der Waals surface area (Å²) in [6.45, 7) is 5.51. The van der Waals surface area contributed by atoms with E-state index in [0.717, 1.165) is 6.42 Å². The van der Waals surface area contributed by atoms with E-state index in [0.29, 0.717) is 0 Å². The fraction of sp³-hybridized carbons (Fsp3) is 0.900. The van der Waals surface area contributed by atoms with Gasteiger partial charge in [-0.2, -0.15) is 13.2 Å². The molecule has 0 spiro atoms. The van der Waals surface area contributed by atoms with Gasteiger partial charge in [-0.1, -0.05) is 19.1 Å². The van der Waals surface area contributed by atoms with Crippen molar-refractivity contribution in [2.45, 2.75) is 38.9 Å². The maximum Gasteiger partial charge on any atom is 0.399 e. The molecular formula is C10H19F3N2S. The van der Waals surface area contributed by atoms with Crippen LogP contribution < -0.4 is 5.73 Å². The molecule has 16 heavy (non-hydrogen) atoms. The van der Waals surface area contributed by atoms with E-state index in [1.807, 2.05) is 20.8 Å². The molecule has 1 atom stereocenters. The highest BCUT2D eigenvalue weighted by atomic mass is 32.1. The van der Waals surface area contributed by atoms with E-state index in [9.17, 15) is 13.2 Å². The molecule has 0 aliphatic carbocycles. The highest BCUT2D eigenvalue weighted by Crippen LogP contribution is 2.29. The third-order valence-corrected chi connectivity index (χ3v) is 3.38. The van der Waals surface area contributed by atoms with Gasteiger partial charge in [0.25, 0.3) is 0 Å². The van der Waals surface area contributed by atoms with E-state index in [1.165, 1.54) is 0 Å². The zero-order valence-corrected chi connectivity index (χ0v) is 10.9. The molecule has 0 saturated heterocycles. The van der Waals surface area contributed by atoms with Crippen molar-refractivity contribution in [2.75, 3.05) is 13.6 Å². The van der Waals surface area contributed by atoms with Gasteiger partial charge in [-0.25, -0.2) is 0 Å². The number of alkyl halides is 3. The Labute approximate surface area is 100.0 Å². The van der Waals surface area contributed by atoms with Crippen molar-refractivity contribution in [3.8, 4) is 0 Å². The summed E-state index contributed by atoms with van der Waals surface area (Å²) in [6.07, 6.45) is -3.62. The molecule has 0 bridgehead atoms. The molecule has 2 N–H and O–H groups in total. The minimum absolute atomic E-state index is 0.195. The highest BCUT2D eigenvalue weighted by Gasteiger charge is 2.43. The van der Waals surface area contributed by atoms with Crippen LogP contribution in [0, 0.1) is 5.92 Å². The lowest BCUT2D eigenvalue weighted by atomic mass is 9.97. The minimum atomic E-state index is -4.37. The Balaban J connectivity index is 4.73. The van der Waals surface area contributed by atoms with Gasteiger partial charge in [-0.05, 0) is 27.3 Å². The van der Waals surface area contributed by atoms with Crippen LogP contribution >= 0.6 is 12.2 Å². The van der Waals surface area contributed by atoms with E-state index < -0.39 is 17.1 Å². The van der Waals surface area contributed by atoms with Crippen LogP contribution in [0.2, 0.25) is 0 Å². The molecule has 0 heterocycles. The lowest BCUT2D eigenvalue weighted by Gasteiger charge is -2.37. The van der Waals surface area contributed by atoms with Crippen molar-refractivity contribution in [1.82, 2.24) is 4.90 Å². The third-order valence-electron chi connectivity index (χ3n) is 3.09. The molecule has 0 aromatic rings. The summed E-state index contributed by atoms with van der Waals surface area (Å²) in [5, 5.41) is 0. The van der Waals surface area contributed by atoms with E-state index in [4.69, 9.17) is 5.73 Å². The number of thiocarbonyl (C=S) groups is 1. The first-order valence-corrected chi connectivity index (χ1v) is 5.50. The van der Waals surface area contributed by atoms with Gasteiger partial charge in [-0.15, -0.1) is 0 Å². The standard InChI is InChI=1S/C10H19F3N2S/c1-5-9(2,3)15(4)6-7(8(14)16)10(11,12)13/h7H,5-6H2,1-4H3,(H2,14,16). The molecule has 0 rings (SSSR count). The Morgan fingerprint density at radius 3 is 2.06 bits per heavy atom. The molecule has 0 amide bonds. The number of rotatable bonds is 5. The number of hydrogen-bond acceptors (Lipinski definition) is 2. The van der Waals surface area contributed by atoms with Crippen LogP contribution in [-0.2, 0) is 0 Å². The molecular weight excluding hydrogens is 237 g/mol. The monoisotopic (exact) mass is 256 g/mol. The summed E-state index contributed by atoms with van der Waals surface area (Å²) < 4.78 is 37.9. The average Bonchev–Trinajstić information content (AvgIpc) is 2.11. The van der Waals surface area contributed by atoms with E-state index in [1.54, 1.807) is 11.9 Å². The van der Waals surface area contributed by atoms with Crippen LogP contribution in [0.5, 0.6) is 0 Å². The van der Waals surface area contributed by atoms with Gasteiger partial charge >= 0.3 is 6.18 Å². The SMILES string of the molecule is CCC(C)(C)N(C)CC(C(N)=S)C(F)(F)F. The van der Waals surface area contributed by atoms with Gasteiger partial charge < -0.3 is 10.6 Å². The van der Waals surface area contributed by atoms with E-state index in [-0.39, 0.29) is 12.1 Å². The molecule has 0 saturated carbocycles. The molecule has 0 aliphatic heterocycles. The van der Waals surface area contributed by atoms with Gasteiger partial charge in [0.05, 0.1) is 4.99 Å². The lowest BCUT2D eigenvalue weighted by Crippen LogP contribution is -2.49. The van der Waals surface area contributed by atoms with Gasteiger partial charge in [0.15, 0.2) is 0 Å².